The first-order chi connectivity index (χ1) is 11.0. The quantitative estimate of drug-likeness (QED) is 0.904. The van der Waals surface area contributed by atoms with Crippen molar-refractivity contribution in [1.82, 2.24) is 9.55 Å². The third-order valence-electron chi connectivity index (χ3n) is 3.94. The lowest BCUT2D eigenvalue weighted by Gasteiger charge is -2.18. The van der Waals surface area contributed by atoms with Gasteiger partial charge in [-0.3, -0.25) is 14.2 Å². The molecule has 7 heteroatoms. The van der Waals surface area contributed by atoms with Gasteiger partial charge in [-0.05, 0) is 17.2 Å². The van der Waals surface area contributed by atoms with Gasteiger partial charge in [0.05, 0.1) is 0 Å². The van der Waals surface area contributed by atoms with E-state index in [9.17, 15) is 9.59 Å². The highest BCUT2D eigenvalue weighted by molar-refractivity contribution is 5.66. The number of anilines is 2. The van der Waals surface area contributed by atoms with Gasteiger partial charge >= 0.3 is 5.97 Å². The van der Waals surface area contributed by atoms with Crippen LogP contribution >= 0.6 is 0 Å². The summed E-state index contributed by atoms with van der Waals surface area (Å²) >= 11 is 0. The number of carboxylic acids is 1. The van der Waals surface area contributed by atoms with Gasteiger partial charge in [0.2, 0.25) is 0 Å². The molecule has 3 rings (SSSR count). The van der Waals surface area contributed by atoms with E-state index in [0.29, 0.717) is 13.1 Å². The van der Waals surface area contributed by atoms with Crippen LogP contribution in [0, 0.1) is 0 Å². The van der Waals surface area contributed by atoms with Crippen LogP contribution in [0.4, 0.5) is 11.5 Å². The summed E-state index contributed by atoms with van der Waals surface area (Å²) < 4.78 is 1.17. The molecule has 1 aromatic heterocycles. The van der Waals surface area contributed by atoms with Gasteiger partial charge in [-0.25, -0.2) is 4.98 Å². The van der Waals surface area contributed by atoms with Crippen molar-refractivity contribution in [1.29, 1.82) is 0 Å². The Kier molecular flexibility index (Phi) is 3.77. The van der Waals surface area contributed by atoms with Crippen molar-refractivity contribution >= 4 is 17.5 Å². The lowest BCUT2D eigenvalue weighted by Crippen LogP contribution is -2.31. The molecular formula is C16H18N4O3. The molecule has 7 nitrogen and oxygen atoms in total. The summed E-state index contributed by atoms with van der Waals surface area (Å²) in [6.07, 6.45) is 2.87. The molecule has 0 saturated carbocycles. The highest BCUT2D eigenvalue weighted by Gasteiger charge is 2.25. The third kappa shape index (κ3) is 2.77. The predicted octanol–water partition coefficient (Wildman–Crippen LogP) is 0.914. The number of carbonyl (C=O) groups is 1. The van der Waals surface area contributed by atoms with Crippen LogP contribution in [0.15, 0.2) is 35.4 Å². The number of carboxylic acid groups (broad SMARTS) is 1. The fraction of sp³-hybridized carbons (Fsp3) is 0.312. The minimum atomic E-state index is -1.05. The van der Waals surface area contributed by atoms with Gasteiger partial charge in [0.15, 0.2) is 5.82 Å². The lowest BCUT2D eigenvalue weighted by molar-refractivity contribution is -0.137. The number of aromatic nitrogens is 2. The molecule has 0 fully saturated rings. The van der Waals surface area contributed by atoms with E-state index in [2.05, 4.69) is 4.98 Å². The summed E-state index contributed by atoms with van der Waals surface area (Å²) in [6.45, 7) is 0.817. The molecule has 0 aliphatic carbocycles. The standard InChI is InChI=1S/C16H18N4O3/c1-18(2)13-5-3-4-11-8-20(9-12(11)13)15-16(23)19(7-6-17-15)10-14(21)22/h3-7H,8-10H2,1-2H3,(H,21,22). The summed E-state index contributed by atoms with van der Waals surface area (Å²) in [4.78, 5) is 31.4. The normalized spacial score (nSPS) is 13.0. The number of hydrogen-bond acceptors (Lipinski definition) is 5. The maximum absolute atomic E-state index is 12.4. The van der Waals surface area contributed by atoms with E-state index in [1.807, 2.05) is 42.1 Å². The topological polar surface area (TPSA) is 78.7 Å². The molecule has 120 valence electrons. The highest BCUT2D eigenvalue weighted by atomic mass is 16.4. The zero-order chi connectivity index (χ0) is 16.6. The number of rotatable bonds is 4. The molecule has 1 N–H and O–H groups in total. The van der Waals surface area contributed by atoms with Crippen LogP contribution < -0.4 is 15.4 Å². The fourth-order valence-electron chi connectivity index (χ4n) is 2.90. The minimum absolute atomic E-state index is 0.287. The summed E-state index contributed by atoms with van der Waals surface area (Å²) in [6, 6.07) is 6.09. The monoisotopic (exact) mass is 314 g/mol. The Morgan fingerprint density at radius 3 is 2.83 bits per heavy atom. The number of fused-ring (bicyclic) bond motifs is 1. The minimum Gasteiger partial charge on any atom is -0.480 e. The number of benzene rings is 1. The van der Waals surface area contributed by atoms with Crippen molar-refractivity contribution in [2.45, 2.75) is 19.6 Å². The van der Waals surface area contributed by atoms with Gasteiger partial charge in [0, 0.05) is 45.3 Å². The molecule has 0 saturated heterocycles. The van der Waals surface area contributed by atoms with Crippen LogP contribution in [0.1, 0.15) is 11.1 Å². The van der Waals surface area contributed by atoms with E-state index in [1.165, 1.54) is 22.5 Å². The van der Waals surface area contributed by atoms with E-state index in [0.717, 1.165) is 11.3 Å². The SMILES string of the molecule is CN(C)c1cccc2c1CN(c1nccn(CC(=O)O)c1=O)C2. The van der Waals surface area contributed by atoms with Gasteiger partial charge in [0.25, 0.3) is 5.56 Å². The van der Waals surface area contributed by atoms with Crippen molar-refractivity contribution in [3.8, 4) is 0 Å². The van der Waals surface area contributed by atoms with Gasteiger partial charge in [-0.2, -0.15) is 0 Å². The van der Waals surface area contributed by atoms with Crippen molar-refractivity contribution in [2.75, 3.05) is 23.9 Å². The van der Waals surface area contributed by atoms with Crippen LogP contribution in [0.3, 0.4) is 0 Å². The van der Waals surface area contributed by atoms with Crippen molar-refractivity contribution in [3.63, 3.8) is 0 Å². The zero-order valence-corrected chi connectivity index (χ0v) is 13.1. The summed E-state index contributed by atoms with van der Waals surface area (Å²) in [5, 5.41) is 8.89. The van der Waals surface area contributed by atoms with Gasteiger partial charge in [0.1, 0.15) is 6.54 Å². The second-order valence-electron chi connectivity index (χ2n) is 5.74. The Hall–Kier alpha value is -2.83. The second kappa shape index (κ2) is 5.75. The third-order valence-corrected chi connectivity index (χ3v) is 3.94. The molecule has 0 atom stereocenters. The fourth-order valence-corrected chi connectivity index (χ4v) is 2.90. The van der Waals surface area contributed by atoms with E-state index >= 15 is 0 Å². The lowest BCUT2D eigenvalue weighted by atomic mass is 10.1. The van der Waals surface area contributed by atoms with Gasteiger partial charge < -0.3 is 14.9 Å². The number of hydrogen-bond donors (Lipinski definition) is 1. The molecule has 0 unspecified atom stereocenters. The Morgan fingerprint density at radius 1 is 1.35 bits per heavy atom. The maximum atomic E-state index is 12.4. The maximum Gasteiger partial charge on any atom is 0.323 e. The molecule has 2 aromatic rings. The molecule has 23 heavy (non-hydrogen) atoms. The molecular weight excluding hydrogens is 296 g/mol. The largest absolute Gasteiger partial charge is 0.480 e. The molecule has 0 bridgehead atoms. The van der Waals surface area contributed by atoms with Crippen LogP contribution in [0.2, 0.25) is 0 Å². The van der Waals surface area contributed by atoms with E-state index < -0.39 is 5.97 Å². The first-order valence-electron chi connectivity index (χ1n) is 7.27. The second-order valence-corrected chi connectivity index (χ2v) is 5.74. The zero-order valence-electron chi connectivity index (χ0n) is 13.1. The molecule has 1 aliphatic heterocycles. The van der Waals surface area contributed by atoms with Crippen LogP contribution in [-0.2, 0) is 24.4 Å². The summed E-state index contributed by atoms with van der Waals surface area (Å²) in [5.41, 5.74) is 3.07. The molecule has 0 amide bonds. The Labute approximate surface area is 133 Å². The molecule has 0 radical (unpaired) electrons. The van der Waals surface area contributed by atoms with Crippen LogP contribution in [0.25, 0.3) is 0 Å². The highest BCUT2D eigenvalue weighted by Crippen LogP contribution is 2.31. The number of aliphatic carboxylic acids is 1. The van der Waals surface area contributed by atoms with E-state index in [1.54, 1.807) is 0 Å². The van der Waals surface area contributed by atoms with E-state index in [4.69, 9.17) is 5.11 Å². The summed E-state index contributed by atoms with van der Waals surface area (Å²) in [5.74, 6) is -0.765. The number of nitrogens with zero attached hydrogens (tertiary/aromatic N) is 4. The van der Waals surface area contributed by atoms with E-state index in [-0.39, 0.29) is 17.9 Å². The Bertz CT molecular complexity index is 813. The van der Waals surface area contributed by atoms with Crippen molar-refractivity contribution < 1.29 is 9.90 Å². The van der Waals surface area contributed by atoms with Gasteiger partial charge in [-0.15, -0.1) is 0 Å². The molecule has 1 aromatic carbocycles. The predicted molar refractivity (Wildman–Crippen MR) is 86.8 cm³/mol. The molecule has 1 aliphatic rings. The van der Waals surface area contributed by atoms with Crippen molar-refractivity contribution in [3.05, 3.63) is 52.1 Å². The molecule has 2 heterocycles. The van der Waals surface area contributed by atoms with Crippen LogP contribution in [-0.4, -0.2) is 34.7 Å². The van der Waals surface area contributed by atoms with Crippen LogP contribution in [0.5, 0.6) is 0 Å². The first-order valence-corrected chi connectivity index (χ1v) is 7.27. The Morgan fingerprint density at radius 2 is 2.13 bits per heavy atom. The summed E-state index contributed by atoms with van der Waals surface area (Å²) in [7, 11) is 3.97. The first kappa shape index (κ1) is 15.1. The average molecular weight is 314 g/mol. The van der Waals surface area contributed by atoms with Gasteiger partial charge in [-0.1, -0.05) is 12.1 Å². The molecule has 0 spiro atoms. The Balaban J connectivity index is 1.95. The van der Waals surface area contributed by atoms with Crippen molar-refractivity contribution in [2.24, 2.45) is 0 Å². The average Bonchev–Trinajstić information content (AvgIpc) is 2.92. The smallest absolute Gasteiger partial charge is 0.323 e.